The number of amides is 1. The number of rotatable bonds is 4. The van der Waals surface area contributed by atoms with Crippen LogP contribution in [0.4, 0.5) is 18.9 Å². The van der Waals surface area contributed by atoms with Gasteiger partial charge in [-0.2, -0.15) is 23.5 Å². The number of hydrogen-bond donors (Lipinski definition) is 3. The van der Waals surface area contributed by atoms with E-state index in [1.54, 1.807) is 0 Å². The summed E-state index contributed by atoms with van der Waals surface area (Å²) in [6, 6.07) is 2.66. The van der Waals surface area contributed by atoms with Gasteiger partial charge in [0.05, 0.1) is 23.8 Å². The summed E-state index contributed by atoms with van der Waals surface area (Å²) in [5.41, 5.74) is 4.69. The summed E-state index contributed by atoms with van der Waals surface area (Å²) in [5.74, 6) is -0.916. The Morgan fingerprint density at radius 3 is 2.65 bits per heavy atom. The van der Waals surface area contributed by atoms with Gasteiger partial charge in [0.25, 0.3) is 5.91 Å². The molecule has 0 bridgehead atoms. The van der Waals surface area contributed by atoms with E-state index in [-0.39, 0.29) is 5.69 Å². The molecule has 0 aromatic heterocycles. The highest BCUT2D eigenvalue weighted by Gasteiger charge is 2.34. The minimum atomic E-state index is -4.73. The van der Waals surface area contributed by atoms with Gasteiger partial charge in [0, 0.05) is 5.69 Å². The van der Waals surface area contributed by atoms with E-state index in [9.17, 15) is 18.0 Å². The van der Waals surface area contributed by atoms with E-state index in [1.807, 2.05) is 0 Å². The molecule has 0 aliphatic heterocycles. The van der Waals surface area contributed by atoms with Crippen molar-refractivity contribution in [1.82, 2.24) is 0 Å². The van der Waals surface area contributed by atoms with Crippen molar-refractivity contribution < 1.29 is 23.1 Å². The third kappa shape index (κ3) is 3.52. The predicted molar refractivity (Wildman–Crippen MR) is 60.8 cm³/mol. The normalized spacial score (nSPS) is 12.3. The zero-order valence-electron chi connectivity index (χ0n) is 9.90. The molecule has 0 saturated heterocycles. The first kappa shape index (κ1) is 15.6. The van der Waals surface area contributed by atoms with Crippen LogP contribution in [0.15, 0.2) is 23.3 Å². The molecule has 3 N–H and O–H groups in total. The van der Waals surface area contributed by atoms with E-state index in [0.29, 0.717) is 6.07 Å². The quantitative estimate of drug-likeness (QED) is 0.735. The van der Waals surface area contributed by atoms with Crippen molar-refractivity contribution in [3.8, 4) is 6.07 Å². The number of carbonyl (C=O) groups is 1. The van der Waals surface area contributed by atoms with Crippen LogP contribution in [0.5, 0.6) is 0 Å². The van der Waals surface area contributed by atoms with Crippen molar-refractivity contribution >= 4 is 11.6 Å². The molecule has 0 saturated carbocycles. The second-order valence-corrected chi connectivity index (χ2v) is 3.69. The molecule has 0 aliphatic rings. The molecule has 0 spiro atoms. The average molecular weight is 286 g/mol. The fourth-order valence-corrected chi connectivity index (χ4v) is 1.36. The summed E-state index contributed by atoms with van der Waals surface area (Å²) in [6.45, 7) is -0.738. The molecule has 1 aromatic carbocycles. The summed E-state index contributed by atoms with van der Waals surface area (Å²) in [4.78, 5) is 11.5. The zero-order chi connectivity index (χ0) is 15.3. The van der Waals surface area contributed by atoms with Crippen LogP contribution >= 0.6 is 0 Å². The number of anilines is 1. The van der Waals surface area contributed by atoms with Gasteiger partial charge in [-0.3, -0.25) is 4.79 Å². The lowest BCUT2D eigenvalue weighted by molar-refractivity contribution is -0.137. The molecule has 0 aliphatic carbocycles. The molecule has 1 amide bonds. The first-order valence-electron chi connectivity index (χ1n) is 5.23. The number of alkyl halides is 3. The average Bonchev–Trinajstić information content (AvgIpc) is 2.39. The van der Waals surface area contributed by atoms with E-state index in [1.165, 1.54) is 6.07 Å². The van der Waals surface area contributed by atoms with E-state index >= 15 is 0 Å². The van der Waals surface area contributed by atoms with Crippen molar-refractivity contribution in [3.63, 3.8) is 0 Å². The number of nitrogens with one attached hydrogen (secondary N) is 2. The maximum absolute atomic E-state index is 12.7. The highest BCUT2D eigenvalue weighted by molar-refractivity contribution is 5.95. The molecular formula is C11H9F3N4O2. The summed E-state index contributed by atoms with van der Waals surface area (Å²) >= 11 is 0. The molecule has 106 valence electrons. The summed E-state index contributed by atoms with van der Waals surface area (Å²) in [7, 11) is 0. The van der Waals surface area contributed by atoms with Gasteiger partial charge in [0.2, 0.25) is 0 Å². The second-order valence-electron chi connectivity index (χ2n) is 3.69. The maximum atomic E-state index is 12.7. The first-order chi connectivity index (χ1) is 9.33. The van der Waals surface area contributed by atoms with E-state index < -0.39 is 35.9 Å². The van der Waals surface area contributed by atoms with Gasteiger partial charge in [-0.05, 0) is 18.2 Å². The Labute approximate surface area is 111 Å². The van der Waals surface area contributed by atoms with Crippen molar-refractivity contribution in [3.05, 3.63) is 29.3 Å². The Kier molecular flexibility index (Phi) is 4.77. The molecule has 1 atom stereocenters. The molecule has 9 heteroatoms. The fourth-order valence-electron chi connectivity index (χ4n) is 1.36. The van der Waals surface area contributed by atoms with E-state index in [4.69, 9.17) is 15.9 Å². The Hall–Kier alpha value is -2.47. The Morgan fingerprint density at radius 2 is 2.20 bits per heavy atom. The summed E-state index contributed by atoms with van der Waals surface area (Å²) in [5, 5.41) is 22.3. The summed E-state index contributed by atoms with van der Waals surface area (Å²) < 4.78 is 38.1. The Morgan fingerprint density at radius 1 is 1.55 bits per heavy atom. The van der Waals surface area contributed by atoms with Crippen LogP contribution in [0.1, 0.15) is 11.1 Å². The highest BCUT2D eigenvalue weighted by atomic mass is 19.4. The lowest BCUT2D eigenvalue weighted by Gasteiger charge is -2.13. The molecule has 0 radical (unpaired) electrons. The lowest BCUT2D eigenvalue weighted by atomic mass is 10.1. The van der Waals surface area contributed by atoms with Gasteiger partial charge < -0.3 is 10.4 Å². The molecule has 0 unspecified atom stereocenters. The van der Waals surface area contributed by atoms with Crippen molar-refractivity contribution in [2.45, 2.75) is 12.2 Å². The molecule has 1 rings (SSSR count). The van der Waals surface area contributed by atoms with Crippen LogP contribution in [-0.4, -0.2) is 23.7 Å². The minimum Gasteiger partial charge on any atom is -0.394 e. The molecule has 0 fully saturated rings. The molecule has 20 heavy (non-hydrogen) atoms. The van der Waals surface area contributed by atoms with Crippen molar-refractivity contribution in [1.29, 1.82) is 10.8 Å². The van der Waals surface area contributed by atoms with E-state index in [0.717, 1.165) is 12.1 Å². The van der Waals surface area contributed by atoms with Crippen LogP contribution in [0.3, 0.4) is 0 Å². The SMILES string of the molecule is N#Cc1ccc(NC(=O)[C@H](CO)N=N)cc1C(F)(F)F. The van der Waals surface area contributed by atoms with Gasteiger partial charge in [0.1, 0.15) is 0 Å². The van der Waals surface area contributed by atoms with E-state index in [2.05, 4.69) is 10.4 Å². The van der Waals surface area contributed by atoms with Crippen LogP contribution in [-0.2, 0) is 11.0 Å². The largest absolute Gasteiger partial charge is 0.417 e. The van der Waals surface area contributed by atoms with Crippen molar-refractivity contribution in [2.24, 2.45) is 5.11 Å². The first-order valence-corrected chi connectivity index (χ1v) is 5.23. The molecule has 0 heterocycles. The predicted octanol–water partition coefficient (Wildman–Crippen LogP) is 1.91. The number of nitriles is 1. The molecule has 6 nitrogen and oxygen atoms in total. The van der Waals surface area contributed by atoms with Crippen molar-refractivity contribution in [2.75, 3.05) is 11.9 Å². The lowest BCUT2D eigenvalue weighted by Crippen LogP contribution is -2.29. The third-order valence-electron chi connectivity index (χ3n) is 2.34. The number of carbonyl (C=O) groups excluding carboxylic acids is 1. The smallest absolute Gasteiger partial charge is 0.394 e. The Balaban J connectivity index is 3.08. The number of aliphatic hydroxyl groups is 1. The van der Waals surface area contributed by atoms with Gasteiger partial charge in [0.15, 0.2) is 6.04 Å². The fraction of sp³-hybridized carbons (Fsp3) is 0.273. The Bertz CT molecular complexity index is 566. The maximum Gasteiger partial charge on any atom is 0.417 e. The number of halogens is 3. The summed E-state index contributed by atoms with van der Waals surface area (Å²) in [6.07, 6.45) is -4.73. The molecular weight excluding hydrogens is 277 g/mol. The van der Waals surface area contributed by atoms with Crippen LogP contribution in [0.2, 0.25) is 0 Å². The molecule has 1 aromatic rings. The van der Waals surface area contributed by atoms with Crippen LogP contribution in [0.25, 0.3) is 0 Å². The van der Waals surface area contributed by atoms with Gasteiger partial charge in [-0.1, -0.05) is 0 Å². The second kappa shape index (κ2) is 6.12. The number of hydrogen-bond acceptors (Lipinski definition) is 5. The van der Waals surface area contributed by atoms with Gasteiger partial charge in [-0.15, -0.1) is 0 Å². The monoisotopic (exact) mass is 286 g/mol. The highest BCUT2D eigenvalue weighted by Crippen LogP contribution is 2.33. The third-order valence-corrected chi connectivity index (χ3v) is 2.34. The van der Waals surface area contributed by atoms with Crippen LogP contribution in [0, 0.1) is 16.9 Å². The van der Waals surface area contributed by atoms with Gasteiger partial charge >= 0.3 is 6.18 Å². The minimum absolute atomic E-state index is 0.205. The standard InChI is InChI=1S/C11H9F3N4O2/c12-11(13,14)8-3-7(2-1-6(8)4-15)17-10(20)9(5-19)18-16/h1-3,9,16,19H,5H2,(H,17,20)/t9-/m0/s1. The topological polar surface area (TPSA) is 109 Å². The van der Waals surface area contributed by atoms with Crippen LogP contribution < -0.4 is 5.32 Å². The number of nitrogens with zero attached hydrogens (tertiary/aromatic N) is 2. The zero-order valence-corrected chi connectivity index (χ0v) is 9.90. The number of benzene rings is 1. The number of aliphatic hydroxyl groups excluding tert-OH is 1. The van der Waals surface area contributed by atoms with Gasteiger partial charge in [-0.25, -0.2) is 5.53 Å².